The third-order valence-electron chi connectivity index (χ3n) is 4.04. The summed E-state index contributed by atoms with van der Waals surface area (Å²) in [5.41, 5.74) is 0.196. The number of hydrogen-bond acceptors (Lipinski definition) is 3. The Morgan fingerprint density at radius 1 is 1.47 bits per heavy atom. The van der Waals surface area contributed by atoms with E-state index < -0.39 is 11.5 Å². The van der Waals surface area contributed by atoms with Gasteiger partial charge in [0.15, 0.2) is 0 Å². The topological polar surface area (TPSA) is 53.2 Å². The summed E-state index contributed by atoms with van der Waals surface area (Å²) in [6.45, 7) is 4.37. The van der Waals surface area contributed by atoms with Crippen LogP contribution in [0.3, 0.4) is 0 Å². The van der Waals surface area contributed by atoms with Gasteiger partial charge in [0.05, 0.1) is 12.2 Å². The summed E-state index contributed by atoms with van der Waals surface area (Å²) in [6, 6.07) is 10.1. The first-order valence-corrected chi connectivity index (χ1v) is 6.93. The maximum atomic E-state index is 10.5. The third kappa shape index (κ3) is 2.59. The molecule has 102 valence electrons. The van der Waals surface area contributed by atoms with Crippen LogP contribution in [0.2, 0.25) is 0 Å². The van der Waals surface area contributed by atoms with Gasteiger partial charge in [0.25, 0.3) is 0 Å². The summed E-state index contributed by atoms with van der Waals surface area (Å²) in [5, 5.41) is 20.1. The first-order chi connectivity index (χ1) is 9.13. The molecule has 1 aromatic carbocycles. The van der Waals surface area contributed by atoms with E-state index in [1.165, 1.54) is 0 Å². The molecular formula is C16H21NO2. The van der Waals surface area contributed by atoms with Crippen LogP contribution in [-0.4, -0.2) is 17.8 Å². The molecule has 19 heavy (non-hydrogen) atoms. The van der Waals surface area contributed by atoms with Crippen molar-refractivity contribution in [2.75, 3.05) is 6.61 Å². The van der Waals surface area contributed by atoms with E-state index in [9.17, 15) is 10.4 Å². The van der Waals surface area contributed by atoms with Crippen molar-refractivity contribution >= 4 is 0 Å². The van der Waals surface area contributed by atoms with Crippen molar-refractivity contribution in [1.29, 1.82) is 5.26 Å². The quantitative estimate of drug-likeness (QED) is 0.904. The highest BCUT2D eigenvalue weighted by molar-refractivity contribution is 5.38. The lowest BCUT2D eigenvalue weighted by Gasteiger charge is -2.38. The first kappa shape index (κ1) is 13.9. The molecule has 1 aliphatic rings. The van der Waals surface area contributed by atoms with E-state index >= 15 is 0 Å². The van der Waals surface area contributed by atoms with Crippen molar-refractivity contribution < 1.29 is 9.84 Å². The molecule has 1 N–H and O–H groups in total. The molecule has 3 nitrogen and oxygen atoms in total. The van der Waals surface area contributed by atoms with Gasteiger partial charge in [-0.05, 0) is 24.0 Å². The maximum absolute atomic E-state index is 10.5. The van der Waals surface area contributed by atoms with Crippen LogP contribution in [0.1, 0.15) is 32.3 Å². The molecule has 0 amide bonds. The third-order valence-corrected chi connectivity index (χ3v) is 4.04. The molecule has 0 spiro atoms. The molecule has 0 bridgehead atoms. The average Bonchev–Trinajstić information content (AvgIpc) is 2.46. The predicted octanol–water partition coefficient (Wildman–Crippen LogP) is 2.93. The molecule has 1 heterocycles. The highest BCUT2D eigenvalue weighted by atomic mass is 16.5. The minimum Gasteiger partial charge on any atom is -0.492 e. The second kappa shape index (κ2) is 5.63. The summed E-state index contributed by atoms with van der Waals surface area (Å²) >= 11 is 0. The monoisotopic (exact) mass is 259 g/mol. The fourth-order valence-corrected chi connectivity index (χ4v) is 2.87. The first-order valence-electron chi connectivity index (χ1n) is 6.93. The maximum Gasteiger partial charge on any atom is 0.122 e. The van der Waals surface area contributed by atoms with Crippen LogP contribution in [0.25, 0.3) is 0 Å². The summed E-state index contributed by atoms with van der Waals surface area (Å²) in [4.78, 5) is 0. The van der Waals surface area contributed by atoms with Crippen LogP contribution < -0.4 is 4.74 Å². The molecule has 3 atom stereocenters. The number of ether oxygens (including phenoxy) is 1. The van der Waals surface area contributed by atoms with Gasteiger partial charge in [-0.1, -0.05) is 38.5 Å². The van der Waals surface area contributed by atoms with E-state index in [1.807, 2.05) is 31.2 Å². The van der Waals surface area contributed by atoms with Crippen molar-refractivity contribution in [1.82, 2.24) is 0 Å². The van der Waals surface area contributed by atoms with E-state index in [0.29, 0.717) is 6.42 Å². The van der Waals surface area contributed by atoms with Crippen LogP contribution in [0.5, 0.6) is 5.75 Å². The zero-order valence-electron chi connectivity index (χ0n) is 11.6. The van der Waals surface area contributed by atoms with Crippen LogP contribution in [0.15, 0.2) is 24.3 Å². The van der Waals surface area contributed by atoms with Crippen molar-refractivity contribution in [2.24, 2.45) is 11.3 Å². The molecule has 0 aliphatic carbocycles. The molecular weight excluding hydrogens is 238 g/mol. The zero-order valence-corrected chi connectivity index (χ0v) is 11.6. The summed E-state index contributed by atoms with van der Waals surface area (Å²) in [6.07, 6.45) is 1.85. The molecule has 2 rings (SSSR count). The molecule has 0 fully saturated rings. The van der Waals surface area contributed by atoms with Crippen LogP contribution in [-0.2, 0) is 6.42 Å². The molecule has 0 aromatic heterocycles. The van der Waals surface area contributed by atoms with E-state index in [2.05, 4.69) is 13.0 Å². The van der Waals surface area contributed by atoms with Crippen LogP contribution in [0.4, 0.5) is 0 Å². The van der Waals surface area contributed by atoms with Gasteiger partial charge in [-0.3, -0.25) is 0 Å². The van der Waals surface area contributed by atoms with Crippen LogP contribution >= 0.6 is 0 Å². The van der Waals surface area contributed by atoms with Gasteiger partial charge >= 0.3 is 0 Å². The Balaban J connectivity index is 2.24. The normalized spacial score (nSPS) is 24.7. The Kier molecular flexibility index (Phi) is 4.11. The highest BCUT2D eigenvalue weighted by Gasteiger charge is 2.44. The Morgan fingerprint density at radius 3 is 2.89 bits per heavy atom. The predicted molar refractivity (Wildman–Crippen MR) is 73.8 cm³/mol. The van der Waals surface area contributed by atoms with Gasteiger partial charge in [-0.15, -0.1) is 0 Å². The van der Waals surface area contributed by atoms with E-state index in [-0.39, 0.29) is 12.5 Å². The summed E-state index contributed by atoms with van der Waals surface area (Å²) < 4.78 is 5.70. The summed E-state index contributed by atoms with van der Waals surface area (Å²) in [5.74, 6) is 0.947. The minimum atomic E-state index is -0.817. The Labute approximate surface area is 114 Å². The van der Waals surface area contributed by atoms with Crippen LogP contribution in [0, 0.1) is 22.7 Å². The number of aliphatic hydroxyl groups is 1. The Hall–Kier alpha value is -1.53. The highest BCUT2D eigenvalue weighted by Crippen LogP contribution is 2.39. The van der Waals surface area contributed by atoms with Gasteiger partial charge in [-0.25, -0.2) is 0 Å². The Bertz CT molecular complexity index is 480. The van der Waals surface area contributed by atoms with E-state index in [0.717, 1.165) is 24.2 Å². The fraction of sp³-hybridized carbons (Fsp3) is 0.562. The second-order valence-electron chi connectivity index (χ2n) is 5.55. The van der Waals surface area contributed by atoms with Gasteiger partial charge in [0.1, 0.15) is 17.8 Å². The smallest absolute Gasteiger partial charge is 0.122 e. The lowest BCUT2D eigenvalue weighted by Crippen LogP contribution is -2.46. The second-order valence-corrected chi connectivity index (χ2v) is 5.55. The molecule has 1 aliphatic heterocycles. The van der Waals surface area contributed by atoms with Crippen molar-refractivity contribution in [3.63, 3.8) is 0 Å². The van der Waals surface area contributed by atoms with Gasteiger partial charge in [-0.2, -0.15) is 5.26 Å². The standard InChI is InChI=1S/C16H21NO2/c1-3-6-12(2)15(18)16(10-17)9-13-7-4-5-8-14(13)19-11-16/h4-5,7-8,12,15,18H,3,6,9,11H2,1-2H3. The fourth-order valence-electron chi connectivity index (χ4n) is 2.87. The number of hydrogen-bond donors (Lipinski definition) is 1. The lowest BCUT2D eigenvalue weighted by atomic mass is 9.72. The average molecular weight is 259 g/mol. The number of nitrogens with zero attached hydrogens (tertiary/aromatic N) is 1. The molecule has 3 unspecified atom stereocenters. The van der Waals surface area contributed by atoms with Crippen molar-refractivity contribution in [3.05, 3.63) is 29.8 Å². The lowest BCUT2D eigenvalue weighted by molar-refractivity contribution is -0.0174. The number of nitriles is 1. The SMILES string of the molecule is CCCC(C)C(O)C1(C#N)COc2ccccc2C1. The largest absolute Gasteiger partial charge is 0.492 e. The van der Waals surface area contributed by atoms with Crippen molar-refractivity contribution in [3.8, 4) is 11.8 Å². The molecule has 0 saturated carbocycles. The minimum absolute atomic E-state index is 0.110. The van der Waals surface area contributed by atoms with Gasteiger partial charge in [0.2, 0.25) is 0 Å². The summed E-state index contributed by atoms with van der Waals surface area (Å²) in [7, 11) is 0. The Morgan fingerprint density at radius 2 is 2.21 bits per heavy atom. The molecule has 0 saturated heterocycles. The van der Waals surface area contributed by atoms with Gasteiger partial charge in [0, 0.05) is 6.42 Å². The molecule has 1 aromatic rings. The van der Waals surface area contributed by atoms with Gasteiger partial charge < -0.3 is 9.84 Å². The van der Waals surface area contributed by atoms with E-state index in [4.69, 9.17) is 4.74 Å². The number of para-hydroxylation sites is 1. The number of fused-ring (bicyclic) bond motifs is 1. The molecule has 0 radical (unpaired) electrons. The molecule has 3 heteroatoms. The number of benzene rings is 1. The zero-order chi connectivity index (χ0) is 13.9. The van der Waals surface area contributed by atoms with E-state index in [1.54, 1.807) is 0 Å². The van der Waals surface area contributed by atoms with Crippen molar-refractivity contribution in [2.45, 2.75) is 39.2 Å². The number of aliphatic hydroxyl groups excluding tert-OH is 1. The number of rotatable bonds is 4.